The maximum atomic E-state index is 5.48. The molecule has 0 atom stereocenters. The number of nitrogens with one attached hydrogen (secondary N) is 2. The molecular weight excluding hydrogens is 252 g/mol. The maximum absolute atomic E-state index is 5.48. The van der Waals surface area contributed by atoms with E-state index in [0.717, 1.165) is 56.3 Å². The fraction of sp³-hybridized carbons (Fsp3) is 0.733. The Bertz CT molecular complexity index is 382. The standard InChI is InChI=1S/C15H28N4O/c1-5-9-20-10-7-8-17-15-13(12(3)4)14(16-6-2)18-11-19-15/h11-12H,5-10H2,1-4H3,(H2,16,17,18,19). The Morgan fingerprint density at radius 3 is 2.40 bits per heavy atom. The molecule has 1 aromatic heterocycles. The fourth-order valence-electron chi connectivity index (χ4n) is 2.02. The van der Waals surface area contributed by atoms with Crippen molar-refractivity contribution in [1.29, 1.82) is 0 Å². The first-order valence-corrected chi connectivity index (χ1v) is 7.61. The average Bonchev–Trinajstić information content (AvgIpc) is 2.43. The van der Waals surface area contributed by atoms with Crippen LogP contribution in [0.3, 0.4) is 0 Å². The molecule has 5 nitrogen and oxygen atoms in total. The van der Waals surface area contributed by atoms with Gasteiger partial charge in [0, 0.05) is 31.9 Å². The number of anilines is 2. The molecule has 0 spiro atoms. The number of nitrogens with zero attached hydrogens (tertiary/aromatic N) is 2. The lowest BCUT2D eigenvalue weighted by atomic mass is 10.0. The Morgan fingerprint density at radius 2 is 1.80 bits per heavy atom. The van der Waals surface area contributed by atoms with Gasteiger partial charge in [-0.2, -0.15) is 0 Å². The summed E-state index contributed by atoms with van der Waals surface area (Å²) >= 11 is 0. The van der Waals surface area contributed by atoms with Crippen LogP contribution >= 0.6 is 0 Å². The van der Waals surface area contributed by atoms with Crippen LogP contribution in [0.15, 0.2) is 6.33 Å². The zero-order chi connectivity index (χ0) is 14.8. The van der Waals surface area contributed by atoms with Crippen LogP contribution in [-0.2, 0) is 4.74 Å². The van der Waals surface area contributed by atoms with Gasteiger partial charge in [-0.1, -0.05) is 20.8 Å². The molecular formula is C15H28N4O. The van der Waals surface area contributed by atoms with Gasteiger partial charge in [0.05, 0.1) is 0 Å². The number of hydrogen-bond donors (Lipinski definition) is 2. The number of ether oxygens (including phenoxy) is 1. The molecule has 0 bridgehead atoms. The van der Waals surface area contributed by atoms with E-state index in [4.69, 9.17) is 4.74 Å². The molecule has 0 radical (unpaired) electrons. The molecule has 0 fully saturated rings. The normalized spacial score (nSPS) is 10.8. The van der Waals surface area contributed by atoms with Gasteiger partial charge >= 0.3 is 0 Å². The van der Waals surface area contributed by atoms with Gasteiger partial charge in [-0.25, -0.2) is 9.97 Å². The molecule has 5 heteroatoms. The van der Waals surface area contributed by atoms with Crippen molar-refractivity contribution in [1.82, 2.24) is 9.97 Å². The van der Waals surface area contributed by atoms with E-state index >= 15 is 0 Å². The first kappa shape index (κ1) is 16.7. The van der Waals surface area contributed by atoms with E-state index in [1.807, 2.05) is 0 Å². The highest BCUT2D eigenvalue weighted by Crippen LogP contribution is 2.28. The third-order valence-electron chi connectivity index (χ3n) is 2.91. The molecule has 0 aliphatic carbocycles. The van der Waals surface area contributed by atoms with Crippen LogP contribution < -0.4 is 10.6 Å². The van der Waals surface area contributed by atoms with E-state index < -0.39 is 0 Å². The first-order chi connectivity index (χ1) is 9.70. The molecule has 114 valence electrons. The molecule has 0 unspecified atom stereocenters. The minimum Gasteiger partial charge on any atom is -0.381 e. The molecule has 0 saturated carbocycles. The summed E-state index contributed by atoms with van der Waals surface area (Å²) in [7, 11) is 0. The summed E-state index contributed by atoms with van der Waals surface area (Å²) in [5.74, 6) is 2.24. The predicted octanol–water partition coefficient (Wildman–Crippen LogP) is 3.26. The molecule has 1 heterocycles. The lowest BCUT2D eigenvalue weighted by molar-refractivity contribution is 0.134. The van der Waals surface area contributed by atoms with Gasteiger partial charge in [0.2, 0.25) is 0 Å². The minimum absolute atomic E-state index is 0.379. The summed E-state index contributed by atoms with van der Waals surface area (Å²) < 4.78 is 5.48. The third kappa shape index (κ3) is 5.33. The molecule has 20 heavy (non-hydrogen) atoms. The maximum Gasteiger partial charge on any atom is 0.134 e. The topological polar surface area (TPSA) is 59.1 Å². The third-order valence-corrected chi connectivity index (χ3v) is 2.91. The highest BCUT2D eigenvalue weighted by atomic mass is 16.5. The Labute approximate surface area is 122 Å². The van der Waals surface area contributed by atoms with Crippen molar-refractivity contribution in [2.45, 2.75) is 46.5 Å². The number of rotatable bonds is 10. The van der Waals surface area contributed by atoms with E-state index in [1.165, 1.54) is 0 Å². The Morgan fingerprint density at radius 1 is 1.10 bits per heavy atom. The quantitative estimate of drug-likeness (QED) is 0.644. The van der Waals surface area contributed by atoms with Crippen molar-refractivity contribution in [3.63, 3.8) is 0 Å². The van der Waals surface area contributed by atoms with Gasteiger partial charge in [-0.15, -0.1) is 0 Å². The van der Waals surface area contributed by atoms with Gasteiger partial charge in [0.25, 0.3) is 0 Å². The van der Waals surface area contributed by atoms with E-state index in [9.17, 15) is 0 Å². The Kier molecular flexibility index (Phi) is 7.95. The number of hydrogen-bond acceptors (Lipinski definition) is 5. The monoisotopic (exact) mass is 280 g/mol. The average molecular weight is 280 g/mol. The Balaban J connectivity index is 2.57. The molecule has 0 aromatic carbocycles. The zero-order valence-corrected chi connectivity index (χ0v) is 13.2. The lowest BCUT2D eigenvalue weighted by Crippen LogP contribution is -2.13. The highest BCUT2D eigenvalue weighted by Gasteiger charge is 2.13. The van der Waals surface area contributed by atoms with Crippen LogP contribution in [0.1, 0.15) is 52.0 Å². The first-order valence-electron chi connectivity index (χ1n) is 7.61. The van der Waals surface area contributed by atoms with Crippen LogP contribution in [0.25, 0.3) is 0 Å². The molecule has 0 saturated heterocycles. The van der Waals surface area contributed by atoms with E-state index in [0.29, 0.717) is 5.92 Å². The van der Waals surface area contributed by atoms with Crippen molar-refractivity contribution in [2.24, 2.45) is 0 Å². The summed E-state index contributed by atoms with van der Waals surface area (Å²) in [6, 6.07) is 0. The summed E-state index contributed by atoms with van der Waals surface area (Å²) in [6.45, 7) is 11.9. The summed E-state index contributed by atoms with van der Waals surface area (Å²) in [5, 5.41) is 6.70. The Hall–Kier alpha value is -1.36. The van der Waals surface area contributed by atoms with Crippen LogP contribution in [-0.4, -0.2) is 36.3 Å². The molecule has 0 aliphatic heterocycles. The smallest absolute Gasteiger partial charge is 0.134 e. The van der Waals surface area contributed by atoms with Crippen molar-refractivity contribution < 1.29 is 4.74 Å². The minimum atomic E-state index is 0.379. The van der Waals surface area contributed by atoms with Crippen LogP contribution in [0, 0.1) is 0 Å². The summed E-state index contributed by atoms with van der Waals surface area (Å²) in [6.07, 6.45) is 3.67. The zero-order valence-electron chi connectivity index (χ0n) is 13.2. The molecule has 0 amide bonds. The van der Waals surface area contributed by atoms with Crippen LogP contribution in [0.2, 0.25) is 0 Å². The second-order valence-electron chi connectivity index (χ2n) is 5.06. The number of aromatic nitrogens is 2. The molecule has 1 rings (SSSR count). The molecule has 0 aliphatic rings. The van der Waals surface area contributed by atoms with Gasteiger partial charge in [0.1, 0.15) is 18.0 Å². The second-order valence-corrected chi connectivity index (χ2v) is 5.06. The molecule has 2 N–H and O–H groups in total. The summed E-state index contributed by atoms with van der Waals surface area (Å²) in [4.78, 5) is 8.71. The largest absolute Gasteiger partial charge is 0.381 e. The molecule has 1 aromatic rings. The van der Waals surface area contributed by atoms with Crippen LogP contribution in [0.4, 0.5) is 11.6 Å². The van der Waals surface area contributed by atoms with E-state index in [1.54, 1.807) is 6.33 Å². The fourth-order valence-corrected chi connectivity index (χ4v) is 2.02. The lowest BCUT2D eigenvalue weighted by Gasteiger charge is -2.17. The van der Waals surface area contributed by atoms with Crippen molar-refractivity contribution in [3.8, 4) is 0 Å². The van der Waals surface area contributed by atoms with E-state index in [2.05, 4.69) is 48.3 Å². The summed E-state index contributed by atoms with van der Waals surface area (Å²) in [5.41, 5.74) is 1.16. The van der Waals surface area contributed by atoms with Crippen LogP contribution in [0.5, 0.6) is 0 Å². The highest BCUT2D eigenvalue weighted by molar-refractivity contribution is 5.58. The predicted molar refractivity (Wildman–Crippen MR) is 84.5 cm³/mol. The van der Waals surface area contributed by atoms with Crippen molar-refractivity contribution in [2.75, 3.05) is 36.9 Å². The van der Waals surface area contributed by atoms with Crippen molar-refractivity contribution >= 4 is 11.6 Å². The van der Waals surface area contributed by atoms with Gasteiger partial charge < -0.3 is 15.4 Å². The SMILES string of the molecule is CCCOCCCNc1ncnc(NCC)c1C(C)C. The van der Waals surface area contributed by atoms with Gasteiger partial charge in [-0.3, -0.25) is 0 Å². The van der Waals surface area contributed by atoms with Gasteiger partial charge in [0.15, 0.2) is 0 Å². The van der Waals surface area contributed by atoms with Gasteiger partial charge in [-0.05, 0) is 25.7 Å². The van der Waals surface area contributed by atoms with E-state index in [-0.39, 0.29) is 0 Å². The van der Waals surface area contributed by atoms with Crippen molar-refractivity contribution in [3.05, 3.63) is 11.9 Å². The second kappa shape index (κ2) is 9.53.